The topological polar surface area (TPSA) is 106 Å². The van der Waals surface area contributed by atoms with Gasteiger partial charge in [-0.1, -0.05) is 12.8 Å². The van der Waals surface area contributed by atoms with Gasteiger partial charge in [-0.2, -0.15) is 15.0 Å². The Labute approximate surface area is 155 Å². The van der Waals surface area contributed by atoms with E-state index in [9.17, 15) is 9.18 Å². The number of anilines is 3. The van der Waals surface area contributed by atoms with Crippen molar-refractivity contribution in [2.75, 3.05) is 16.8 Å². The molecular weight excluding hydrogens is 355 g/mol. The minimum Gasteiger partial charge on any atom is -0.368 e. The van der Waals surface area contributed by atoms with Crippen LogP contribution in [0.4, 0.5) is 22.0 Å². The molecule has 0 radical (unpaired) electrons. The number of hydrogen-bond donors (Lipinski definition) is 3. The third kappa shape index (κ3) is 5.55. The normalized spacial score (nSPS) is 14.3. The Bertz CT molecular complexity index is 751. The van der Waals surface area contributed by atoms with E-state index in [1.165, 1.54) is 36.7 Å². The van der Waals surface area contributed by atoms with Gasteiger partial charge in [-0.3, -0.25) is 4.79 Å². The van der Waals surface area contributed by atoms with Crippen LogP contribution >= 0.6 is 11.8 Å². The Morgan fingerprint density at radius 2 is 1.92 bits per heavy atom. The molecule has 7 nitrogen and oxygen atoms in total. The van der Waals surface area contributed by atoms with Gasteiger partial charge in [0.2, 0.25) is 17.8 Å². The summed E-state index contributed by atoms with van der Waals surface area (Å²) in [5, 5.41) is 6.01. The van der Waals surface area contributed by atoms with Gasteiger partial charge in [0.1, 0.15) is 11.6 Å². The van der Waals surface area contributed by atoms with Gasteiger partial charge < -0.3 is 16.4 Å². The molecule has 138 valence electrons. The van der Waals surface area contributed by atoms with E-state index in [4.69, 9.17) is 5.73 Å². The first kappa shape index (κ1) is 18.4. The van der Waals surface area contributed by atoms with E-state index in [1.54, 1.807) is 12.1 Å². The van der Waals surface area contributed by atoms with Crippen LogP contribution in [-0.4, -0.2) is 32.7 Å². The van der Waals surface area contributed by atoms with Crippen molar-refractivity contribution in [1.29, 1.82) is 0 Å². The van der Waals surface area contributed by atoms with Gasteiger partial charge in [-0.15, -0.1) is 11.8 Å². The van der Waals surface area contributed by atoms with E-state index in [0.29, 0.717) is 29.1 Å². The first-order valence-electron chi connectivity index (χ1n) is 8.48. The Morgan fingerprint density at radius 1 is 1.19 bits per heavy atom. The summed E-state index contributed by atoms with van der Waals surface area (Å²) in [5.41, 5.74) is 6.37. The largest absolute Gasteiger partial charge is 0.368 e. The minimum atomic E-state index is -0.321. The van der Waals surface area contributed by atoms with Crippen LogP contribution in [0, 0.1) is 5.82 Å². The molecule has 9 heteroatoms. The molecule has 1 saturated carbocycles. The third-order valence-corrected chi connectivity index (χ3v) is 4.91. The molecule has 0 unspecified atom stereocenters. The first-order valence-corrected chi connectivity index (χ1v) is 9.64. The predicted molar refractivity (Wildman–Crippen MR) is 100 cm³/mol. The number of aromatic nitrogens is 3. The lowest BCUT2D eigenvalue weighted by molar-refractivity contribution is -0.119. The van der Waals surface area contributed by atoms with Crippen LogP contribution in [0.15, 0.2) is 24.3 Å². The third-order valence-electron chi connectivity index (χ3n) is 3.98. The lowest BCUT2D eigenvalue weighted by atomic mass is 10.2. The maximum absolute atomic E-state index is 13.0. The molecule has 1 fully saturated rings. The Morgan fingerprint density at radius 3 is 2.65 bits per heavy atom. The second kappa shape index (κ2) is 8.79. The number of hydrogen-bond acceptors (Lipinski definition) is 7. The van der Waals surface area contributed by atoms with Crippen molar-refractivity contribution in [3.05, 3.63) is 35.9 Å². The molecule has 0 saturated heterocycles. The van der Waals surface area contributed by atoms with E-state index >= 15 is 0 Å². The predicted octanol–water partition coefficient (Wildman–Crippen LogP) is 2.63. The van der Waals surface area contributed by atoms with Crippen LogP contribution in [0.3, 0.4) is 0 Å². The maximum atomic E-state index is 13.0. The highest BCUT2D eigenvalue weighted by Crippen LogP contribution is 2.19. The summed E-state index contributed by atoms with van der Waals surface area (Å²) in [5.74, 6) is 1.38. The van der Waals surface area contributed by atoms with Gasteiger partial charge in [0.25, 0.3) is 0 Å². The number of nitrogens with two attached hydrogens (primary N) is 1. The molecular formula is C17H21FN6OS. The van der Waals surface area contributed by atoms with Gasteiger partial charge in [-0.25, -0.2) is 4.39 Å². The maximum Gasteiger partial charge on any atom is 0.232 e. The van der Waals surface area contributed by atoms with Crippen LogP contribution in [0.5, 0.6) is 0 Å². The quantitative estimate of drug-likeness (QED) is 0.682. The number of halogens is 1. The van der Waals surface area contributed by atoms with Crippen LogP contribution in [0.25, 0.3) is 0 Å². The van der Waals surface area contributed by atoms with E-state index in [-0.39, 0.29) is 23.6 Å². The van der Waals surface area contributed by atoms with Crippen molar-refractivity contribution in [1.82, 2.24) is 20.3 Å². The molecule has 4 N–H and O–H groups in total. The standard InChI is InChI=1S/C17H21FN6OS/c18-11-5-7-13(8-6-11)21-17-23-14(22-16(19)24-17)9-26-10-15(25)20-12-3-1-2-4-12/h5-8,12H,1-4,9-10H2,(H,20,25)(H3,19,21,22,23,24). The fourth-order valence-corrected chi connectivity index (χ4v) is 3.48. The van der Waals surface area contributed by atoms with Crippen molar-refractivity contribution in [2.24, 2.45) is 0 Å². The molecule has 26 heavy (non-hydrogen) atoms. The number of thioether (sulfide) groups is 1. The zero-order valence-electron chi connectivity index (χ0n) is 14.2. The highest BCUT2D eigenvalue weighted by atomic mass is 32.2. The molecule has 1 heterocycles. The van der Waals surface area contributed by atoms with E-state index < -0.39 is 0 Å². The monoisotopic (exact) mass is 376 g/mol. The fraction of sp³-hybridized carbons (Fsp3) is 0.412. The van der Waals surface area contributed by atoms with Crippen LogP contribution in [0.2, 0.25) is 0 Å². The molecule has 1 aromatic carbocycles. The number of amides is 1. The molecule has 0 spiro atoms. The van der Waals surface area contributed by atoms with Gasteiger partial charge in [0.15, 0.2) is 0 Å². The highest BCUT2D eigenvalue weighted by Gasteiger charge is 2.17. The molecule has 0 bridgehead atoms. The smallest absolute Gasteiger partial charge is 0.232 e. The van der Waals surface area contributed by atoms with Crippen molar-refractivity contribution < 1.29 is 9.18 Å². The Kier molecular flexibility index (Phi) is 6.21. The molecule has 1 aromatic heterocycles. The Hall–Kier alpha value is -2.42. The van der Waals surface area contributed by atoms with Crippen molar-refractivity contribution >= 4 is 35.3 Å². The number of carbonyl (C=O) groups excluding carboxylic acids is 1. The van der Waals surface area contributed by atoms with Crippen LogP contribution < -0.4 is 16.4 Å². The van der Waals surface area contributed by atoms with Crippen LogP contribution in [0.1, 0.15) is 31.5 Å². The molecule has 0 atom stereocenters. The van der Waals surface area contributed by atoms with Crippen LogP contribution in [-0.2, 0) is 10.5 Å². The first-order chi connectivity index (χ1) is 12.6. The van der Waals surface area contributed by atoms with Gasteiger partial charge in [0.05, 0.1) is 11.5 Å². The summed E-state index contributed by atoms with van der Waals surface area (Å²) < 4.78 is 13.0. The number of benzene rings is 1. The zero-order chi connectivity index (χ0) is 18.4. The highest BCUT2D eigenvalue weighted by molar-refractivity contribution is 7.99. The molecule has 1 aliphatic carbocycles. The number of nitrogens with zero attached hydrogens (tertiary/aromatic N) is 3. The molecule has 1 amide bonds. The zero-order valence-corrected chi connectivity index (χ0v) is 15.1. The summed E-state index contributed by atoms with van der Waals surface area (Å²) in [6.07, 6.45) is 4.51. The van der Waals surface area contributed by atoms with Gasteiger partial charge >= 0.3 is 0 Å². The molecule has 1 aliphatic rings. The van der Waals surface area contributed by atoms with E-state index in [0.717, 1.165) is 12.8 Å². The number of carbonyl (C=O) groups is 1. The molecule has 2 aromatic rings. The second-order valence-corrected chi connectivity index (χ2v) is 7.09. The van der Waals surface area contributed by atoms with E-state index in [2.05, 4.69) is 25.6 Å². The minimum absolute atomic E-state index is 0.0357. The average Bonchev–Trinajstić information content (AvgIpc) is 3.09. The lowest BCUT2D eigenvalue weighted by Gasteiger charge is -2.11. The lowest BCUT2D eigenvalue weighted by Crippen LogP contribution is -2.33. The number of rotatable bonds is 7. The summed E-state index contributed by atoms with van der Waals surface area (Å²) in [4.78, 5) is 24.3. The summed E-state index contributed by atoms with van der Waals surface area (Å²) in [7, 11) is 0. The molecule has 0 aliphatic heterocycles. The fourth-order valence-electron chi connectivity index (χ4n) is 2.80. The summed E-state index contributed by atoms with van der Waals surface area (Å²) in [6, 6.07) is 6.16. The average molecular weight is 376 g/mol. The number of nitrogen functional groups attached to an aromatic ring is 1. The summed E-state index contributed by atoms with van der Waals surface area (Å²) >= 11 is 1.43. The van der Waals surface area contributed by atoms with Gasteiger partial charge in [-0.05, 0) is 37.1 Å². The number of nitrogens with one attached hydrogen (secondary N) is 2. The van der Waals surface area contributed by atoms with Gasteiger partial charge in [0, 0.05) is 11.7 Å². The van der Waals surface area contributed by atoms with Crippen molar-refractivity contribution in [2.45, 2.75) is 37.5 Å². The second-order valence-electron chi connectivity index (χ2n) is 6.11. The van der Waals surface area contributed by atoms with Crippen molar-refractivity contribution in [3.63, 3.8) is 0 Å². The van der Waals surface area contributed by atoms with Crippen molar-refractivity contribution in [3.8, 4) is 0 Å². The summed E-state index contributed by atoms with van der Waals surface area (Å²) in [6.45, 7) is 0. The molecule has 3 rings (SSSR count). The SMILES string of the molecule is Nc1nc(CSCC(=O)NC2CCCC2)nc(Nc2ccc(F)cc2)n1. The Balaban J connectivity index is 1.52. The van der Waals surface area contributed by atoms with E-state index in [1.807, 2.05) is 0 Å².